The number of carbonyl (C=O) groups is 1. The predicted molar refractivity (Wildman–Crippen MR) is 89.1 cm³/mol. The van der Waals surface area contributed by atoms with Crippen molar-refractivity contribution in [3.8, 4) is 5.75 Å². The normalized spacial score (nSPS) is 22.5. The van der Waals surface area contributed by atoms with Crippen LogP contribution in [0.15, 0.2) is 18.2 Å². The Balaban J connectivity index is 1.89. The van der Waals surface area contributed by atoms with Crippen molar-refractivity contribution in [1.29, 1.82) is 0 Å². The summed E-state index contributed by atoms with van der Waals surface area (Å²) in [5.74, 6) is -0.443. The molecule has 0 saturated carbocycles. The van der Waals surface area contributed by atoms with Gasteiger partial charge in [0.1, 0.15) is 0 Å². The van der Waals surface area contributed by atoms with E-state index in [2.05, 4.69) is 5.32 Å². The van der Waals surface area contributed by atoms with Crippen molar-refractivity contribution in [3.63, 3.8) is 0 Å². The van der Waals surface area contributed by atoms with Gasteiger partial charge in [-0.05, 0) is 38.1 Å². The largest absolute Gasteiger partial charge is 0.494 e. The van der Waals surface area contributed by atoms with Crippen LogP contribution < -0.4 is 10.1 Å². The quantitative estimate of drug-likeness (QED) is 0.820. The molecule has 1 aromatic rings. The number of sulfone groups is 1. The van der Waals surface area contributed by atoms with Crippen molar-refractivity contribution in [2.24, 2.45) is 0 Å². The summed E-state index contributed by atoms with van der Waals surface area (Å²) in [4.78, 5) is 13.9. The number of carbonyl (C=O) groups excluding carboxylic acids is 1. The molecule has 1 saturated heterocycles. The van der Waals surface area contributed by atoms with Gasteiger partial charge in [0.15, 0.2) is 21.4 Å². The minimum absolute atomic E-state index is 0.0286. The summed E-state index contributed by atoms with van der Waals surface area (Å²) < 4.78 is 41.7. The molecule has 1 heterocycles. The molecule has 0 radical (unpaired) electrons. The van der Waals surface area contributed by atoms with Crippen LogP contribution in [-0.2, 0) is 21.2 Å². The summed E-state index contributed by atoms with van der Waals surface area (Å²) in [6.07, 6.45) is 0.425. The minimum atomic E-state index is -3.07. The van der Waals surface area contributed by atoms with Crippen molar-refractivity contribution >= 4 is 15.7 Å². The number of amides is 1. The lowest BCUT2D eigenvalue weighted by Crippen LogP contribution is -2.49. The number of nitrogens with zero attached hydrogens (tertiary/aromatic N) is 1. The molecular weight excluding hydrogens is 335 g/mol. The number of likely N-dealkylation sites (N-methyl/N-ethyl adjacent to an activating group) is 1. The average molecular weight is 358 g/mol. The lowest BCUT2D eigenvalue weighted by molar-refractivity contribution is -0.123. The zero-order chi connectivity index (χ0) is 18.0. The molecule has 0 aromatic heterocycles. The summed E-state index contributed by atoms with van der Waals surface area (Å²) in [5.41, 5.74) is 0.0152. The van der Waals surface area contributed by atoms with Gasteiger partial charge in [0, 0.05) is 6.54 Å². The highest BCUT2D eigenvalue weighted by Gasteiger charge is 2.39. The Kier molecular flexibility index (Phi) is 5.49. The molecule has 1 aliphatic rings. The van der Waals surface area contributed by atoms with Gasteiger partial charge in [0.05, 0.1) is 30.7 Å². The Labute approximate surface area is 141 Å². The highest BCUT2D eigenvalue weighted by Crippen LogP contribution is 2.23. The van der Waals surface area contributed by atoms with E-state index < -0.39 is 21.2 Å². The standard InChI is InChI=1S/C16H23FN2O4S/c1-16(6-7-24(21,22)11-16)18-15(20)10-19(2)9-12-4-5-14(23-3)13(17)8-12/h4-5,8H,6-7,9-11H2,1-3H3,(H,18,20)/t16-/m0/s1. The number of nitrogens with one attached hydrogen (secondary N) is 1. The molecule has 1 aliphatic heterocycles. The summed E-state index contributed by atoms with van der Waals surface area (Å²) in [7, 11) is 0.0768. The lowest BCUT2D eigenvalue weighted by Gasteiger charge is -2.25. The molecule has 134 valence electrons. The molecule has 0 bridgehead atoms. The van der Waals surface area contributed by atoms with E-state index >= 15 is 0 Å². The minimum Gasteiger partial charge on any atom is -0.494 e. The molecule has 0 unspecified atom stereocenters. The van der Waals surface area contributed by atoms with Gasteiger partial charge < -0.3 is 10.1 Å². The van der Waals surface area contributed by atoms with E-state index in [-0.39, 0.29) is 29.7 Å². The van der Waals surface area contributed by atoms with E-state index in [0.29, 0.717) is 13.0 Å². The van der Waals surface area contributed by atoms with Gasteiger partial charge in [0.25, 0.3) is 0 Å². The second-order valence-electron chi connectivity index (χ2n) is 6.59. The maximum absolute atomic E-state index is 13.7. The average Bonchev–Trinajstić information content (AvgIpc) is 2.71. The summed E-state index contributed by atoms with van der Waals surface area (Å²) in [6.45, 7) is 2.24. The van der Waals surface area contributed by atoms with Gasteiger partial charge in [-0.3, -0.25) is 9.69 Å². The van der Waals surface area contributed by atoms with Gasteiger partial charge in [-0.1, -0.05) is 6.07 Å². The summed E-state index contributed by atoms with van der Waals surface area (Å²) in [6, 6.07) is 4.66. The zero-order valence-corrected chi connectivity index (χ0v) is 15.0. The fraction of sp³-hybridized carbons (Fsp3) is 0.562. The van der Waals surface area contributed by atoms with Crippen LogP contribution in [0, 0.1) is 5.82 Å². The summed E-state index contributed by atoms with van der Waals surface area (Å²) >= 11 is 0. The highest BCUT2D eigenvalue weighted by atomic mass is 32.2. The van der Waals surface area contributed by atoms with Gasteiger partial charge >= 0.3 is 0 Å². The van der Waals surface area contributed by atoms with Crippen LogP contribution in [0.3, 0.4) is 0 Å². The SMILES string of the molecule is COc1ccc(CN(C)CC(=O)N[C@@]2(C)CCS(=O)(=O)C2)cc1F. The molecule has 1 aromatic carbocycles. The van der Waals surface area contributed by atoms with Crippen LogP contribution in [0.1, 0.15) is 18.9 Å². The Morgan fingerprint density at radius 2 is 2.17 bits per heavy atom. The molecule has 0 spiro atoms. The van der Waals surface area contributed by atoms with Crippen LogP contribution >= 0.6 is 0 Å². The number of hydrogen-bond donors (Lipinski definition) is 1. The first-order valence-electron chi connectivity index (χ1n) is 7.65. The topological polar surface area (TPSA) is 75.7 Å². The van der Waals surface area contributed by atoms with Crippen molar-refractivity contribution in [2.45, 2.75) is 25.4 Å². The maximum Gasteiger partial charge on any atom is 0.234 e. The first-order chi connectivity index (χ1) is 11.1. The molecule has 0 aliphatic carbocycles. The molecule has 1 N–H and O–H groups in total. The number of benzene rings is 1. The summed E-state index contributed by atoms with van der Waals surface area (Å²) in [5, 5.41) is 2.80. The van der Waals surface area contributed by atoms with Crippen molar-refractivity contribution in [1.82, 2.24) is 10.2 Å². The molecular formula is C16H23FN2O4S. The van der Waals surface area contributed by atoms with Crippen LogP contribution in [0.4, 0.5) is 4.39 Å². The zero-order valence-electron chi connectivity index (χ0n) is 14.1. The van der Waals surface area contributed by atoms with Crippen molar-refractivity contribution in [2.75, 3.05) is 32.2 Å². The van der Waals surface area contributed by atoms with E-state index in [4.69, 9.17) is 4.74 Å². The number of rotatable bonds is 6. The fourth-order valence-corrected chi connectivity index (χ4v) is 5.00. The van der Waals surface area contributed by atoms with Crippen LogP contribution in [0.25, 0.3) is 0 Å². The third kappa shape index (κ3) is 4.91. The van der Waals surface area contributed by atoms with Crippen LogP contribution in [0.5, 0.6) is 5.75 Å². The van der Waals surface area contributed by atoms with Gasteiger partial charge in [-0.15, -0.1) is 0 Å². The molecule has 1 atom stereocenters. The molecule has 24 heavy (non-hydrogen) atoms. The Bertz CT molecular complexity index is 723. The van der Waals surface area contributed by atoms with Crippen molar-refractivity contribution < 1.29 is 22.3 Å². The smallest absolute Gasteiger partial charge is 0.234 e. The first kappa shape index (κ1) is 18.7. The van der Waals surface area contributed by atoms with Crippen LogP contribution in [0.2, 0.25) is 0 Å². The lowest BCUT2D eigenvalue weighted by atomic mass is 10.0. The predicted octanol–water partition coefficient (Wildman–Crippen LogP) is 0.959. The molecule has 8 heteroatoms. The molecule has 1 fully saturated rings. The fourth-order valence-electron chi connectivity index (χ4n) is 2.91. The van der Waals surface area contributed by atoms with E-state index in [1.165, 1.54) is 13.2 Å². The Morgan fingerprint density at radius 3 is 2.71 bits per heavy atom. The first-order valence-corrected chi connectivity index (χ1v) is 9.47. The van der Waals surface area contributed by atoms with Crippen molar-refractivity contribution in [3.05, 3.63) is 29.6 Å². The maximum atomic E-state index is 13.7. The molecule has 1 amide bonds. The third-order valence-electron chi connectivity index (χ3n) is 4.03. The number of hydrogen-bond acceptors (Lipinski definition) is 5. The third-order valence-corrected chi connectivity index (χ3v) is 5.93. The van der Waals surface area contributed by atoms with Gasteiger partial charge in [-0.25, -0.2) is 12.8 Å². The Morgan fingerprint density at radius 1 is 1.46 bits per heavy atom. The van der Waals surface area contributed by atoms with E-state index in [1.54, 1.807) is 31.0 Å². The second kappa shape index (κ2) is 7.06. The van der Waals surface area contributed by atoms with E-state index in [1.807, 2.05) is 0 Å². The van der Waals surface area contributed by atoms with E-state index in [9.17, 15) is 17.6 Å². The number of methoxy groups -OCH3 is 1. The second-order valence-corrected chi connectivity index (χ2v) is 8.78. The Hall–Kier alpha value is -1.67. The number of halogens is 1. The van der Waals surface area contributed by atoms with E-state index in [0.717, 1.165) is 5.56 Å². The van der Waals surface area contributed by atoms with Gasteiger partial charge in [0.2, 0.25) is 5.91 Å². The molecule has 6 nitrogen and oxygen atoms in total. The number of ether oxygens (including phenoxy) is 1. The molecule has 2 rings (SSSR count). The monoisotopic (exact) mass is 358 g/mol. The van der Waals surface area contributed by atoms with Gasteiger partial charge in [-0.2, -0.15) is 0 Å². The highest BCUT2D eigenvalue weighted by molar-refractivity contribution is 7.91. The van der Waals surface area contributed by atoms with Crippen LogP contribution in [-0.4, -0.2) is 57.0 Å².